The molecule has 2 rings (SSSR count). The molecule has 132 valence electrons. The van der Waals surface area contributed by atoms with Crippen LogP contribution in [0.3, 0.4) is 0 Å². The molecule has 0 aliphatic heterocycles. The van der Waals surface area contributed by atoms with Crippen LogP contribution < -0.4 is 17.7 Å². The quantitative estimate of drug-likeness (QED) is 0.525. The van der Waals surface area contributed by atoms with Gasteiger partial charge in [0, 0.05) is 5.56 Å². The summed E-state index contributed by atoms with van der Waals surface area (Å²) in [6, 6.07) is 15.0. The fourth-order valence-electron chi connectivity index (χ4n) is 2.49. The average molecular weight is 361 g/mol. The van der Waals surface area contributed by atoms with Crippen LogP contribution >= 0.6 is 0 Å². The van der Waals surface area contributed by atoms with E-state index < -0.39 is 6.10 Å². The first-order valence-corrected chi connectivity index (χ1v) is 7.85. The molecular formula is C19H21ClN2O3. The molecule has 4 N–H and O–H groups in total. The van der Waals surface area contributed by atoms with E-state index in [0.717, 1.165) is 5.56 Å². The Labute approximate surface area is 153 Å². The second-order valence-electron chi connectivity index (χ2n) is 5.79. The molecule has 0 aliphatic carbocycles. The number of phenolic OH excluding ortho intramolecular Hbond substituents is 1. The predicted octanol–water partition coefficient (Wildman–Crippen LogP) is -1.47. The zero-order valence-corrected chi connectivity index (χ0v) is 14.6. The van der Waals surface area contributed by atoms with Gasteiger partial charge in [-0.25, -0.2) is 0 Å². The number of hydrogen-bond acceptors (Lipinski definition) is 4. The smallest absolute Gasteiger partial charge is 0.168 e. The number of nitriles is 1. The number of aliphatic hydroxyl groups excluding tert-OH is 1. The lowest BCUT2D eigenvalue weighted by Gasteiger charge is -2.17. The molecule has 0 amide bonds. The third-order valence-electron chi connectivity index (χ3n) is 3.96. The number of aliphatic hydroxyl groups is 1. The number of ketones is 1. The molecule has 2 aromatic carbocycles. The van der Waals surface area contributed by atoms with E-state index in [4.69, 9.17) is 5.26 Å². The van der Waals surface area contributed by atoms with E-state index in [1.165, 1.54) is 12.1 Å². The van der Waals surface area contributed by atoms with Crippen molar-refractivity contribution in [1.82, 2.24) is 0 Å². The number of phenols is 1. The molecule has 2 unspecified atom stereocenters. The first-order valence-electron chi connectivity index (χ1n) is 7.85. The summed E-state index contributed by atoms with van der Waals surface area (Å²) in [6.45, 7) is 2.43. The molecule has 0 aliphatic rings. The fourth-order valence-corrected chi connectivity index (χ4v) is 2.49. The van der Waals surface area contributed by atoms with Crippen LogP contribution in [0.1, 0.15) is 40.9 Å². The lowest BCUT2D eigenvalue weighted by Crippen LogP contribution is -3.00. The molecule has 0 aromatic heterocycles. The van der Waals surface area contributed by atoms with Crippen LogP contribution in [0.4, 0.5) is 0 Å². The molecule has 2 atom stereocenters. The van der Waals surface area contributed by atoms with Gasteiger partial charge in [0.15, 0.2) is 5.78 Å². The minimum atomic E-state index is -0.678. The van der Waals surface area contributed by atoms with Crippen LogP contribution in [0.5, 0.6) is 5.75 Å². The number of carbonyl (C=O) groups is 1. The number of halogens is 1. The van der Waals surface area contributed by atoms with E-state index in [-0.39, 0.29) is 30.0 Å². The summed E-state index contributed by atoms with van der Waals surface area (Å²) in [7, 11) is 0. The maximum absolute atomic E-state index is 12.2. The average Bonchev–Trinajstić information content (AvgIpc) is 2.61. The SMILES string of the molecule is CC([NH2+]CCC(=O)c1cccc(C#N)c1)C(O)c1ccc(O)cc1.[Cl-]. The van der Waals surface area contributed by atoms with Gasteiger partial charge in [-0.2, -0.15) is 5.26 Å². The Morgan fingerprint density at radius 3 is 2.56 bits per heavy atom. The van der Waals surface area contributed by atoms with Gasteiger partial charge in [0.2, 0.25) is 0 Å². The molecule has 6 heteroatoms. The van der Waals surface area contributed by atoms with Crippen molar-refractivity contribution in [3.05, 3.63) is 65.2 Å². The Hall–Kier alpha value is -2.39. The van der Waals surface area contributed by atoms with Crippen molar-refractivity contribution < 1.29 is 32.7 Å². The predicted molar refractivity (Wildman–Crippen MR) is 89.4 cm³/mol. The molecule has 0 saturated heterocycles. The van der Waals surface area contributed by atoms with Crippen molar-refractivity contribution in [3.63, 3.8) is 0 Å². The third-order valence-corrected chi connectivity index (χ3v) is 3.96. The van der Waals surface area contributed by atoms with Crippen molar-refractivity contribution in [2.45, 2.75) is 25.5 Å². The van der Waals surface area contributed by atoms with Crippen molar-refractivity contribution in [2.75, 3.05) is 6.54 Å². The maximum atomic E-state index is 12.2. The second kappa shape index (κ2) is 9.80. The Morgan fingerprint density at radius 1 is 1.24 bits per heavy atom. The first kappa shape index (κ1) is 20.7. The lowest BCUT2D eigenvalue weighted by molar-refractivity contribution is -0.693. The summed E-state index contributed by atoms with van der Waals surface area (Å²) in [6.07, 6.45) is -0.343. The van der Waals surface area contributed by atoms with E-state index >= 15 is 0 Å². The van der Waals surface area contributed by atoms with E-state index in [1.807, 2.05) is 18.3 Å². The van der Waals surface area contributed by atoms with Gasteiger partial charge in [0.05, 0.1) is 24.6 Å². The molecule has 0 spiro atoms. The Balaban J connectivity index is 0.00000312. The highest BCUT2D eigenvalue weighted by Gasteiger charge is 2.19. The van der Waals surface area contributed by atoms with Crippen molar-refractivity contribution >= 4 is 5.78 Å². The number of nitrogens with two attached hydrogens (primary N) is 1. The summed E-state index contributed by atoms with van der Waals surface area (Å²) in [4.78, 5) is 12.2. The van der Waals surface area contributed by atoms with E-state index in [0.29, 0.717) is 24.1 Å². The summed E-state index contributed by atoms with van der Waals surface area (Å²) in [5.41, 5.74) is 1.74. The molecule has 2 aromatic rings. The number of benzene rings is 2. The van der Waals surface area contributed by atoms with E-state index in [2.05, 4.69) is 0 Å². The van der Waals surface area contributed by atoms with Gasteiger partial charge >= 0.3 is 0 Å². The van der Waals surface area contributed by atoms with Crippen LogP contribution in [0.15, 0.2) is 48.5 Å². The van der Waals surface area contributed by atoms with Gasteiger partial charge in [0.1, 0.15) is 17.9 Å². The number of Topliss-reactive ketones (excluding diaryl/α,β-unsaturated/α-hetero) is 1. The molecule has 0 fully saturated rings. The number of quaternary nitrogens is 1. The molecular weight excluding hydrogens is 340 g/mol. The maximum Gasteiger partial charge on any atom is 0.168 e. The minimum absolute atomic E-state index is 0. The van der Waals surface area contributed by atoms with Crippen LogP contribution in [0, 0.1) is 11.3 Å². The Kier molecular flexibility index (Phi) is 8.09. The van der Waals surface area contributed by atoms with Gasteiger partial charge in [-0.3, -0.25) is 4.79 Å². The Bertz CT molecular complexity index is 741. The van der Waals surface area contributed by atoms with Gasteiger partial charge in [-0.1, -0.05) is 24.3 Å². The summed E-state index contributed by atoms with van der Waals surface area (Å²) in [5.74, 6) is 0.141. The normalized spacial score (nSPS) is 12.5. The lowest BCUT2D eigenvalue weighted by atomic mass is 10.0. The Morgan fingerprint density at radius 2 is 1.92 bits per heavy atom. The molecule has 5 nitrogen and oxygen atoms in total. The molecule has 0 saturated carbocycles. The standard InChI is InChI=1S/C19H20N2O3.ClH/c1-13(19(24)15-5-7-17(22)8-6-15)21-10-9-18(23)16-4-2-3-14(11-16)12-20;/h2-8,11,13,19,21-22,24H,9-10H2,1H3;1H. The fraction of sp³-hybridized carbons (Fsp3) is 0.263. The summed E-state index contributed by atoms with van der Waals surface area (Å²) >= 11 is 0. The van der Waals surface area contributed by atoms with Gasteiger partial charge in [-0.15, -0.1) is 0 Å². The van der Waals surface area contributed by atoms with Crippen molar-refractivity contribution in [1.29, 1.82) is 5.26 Å². The minimum Gasteiger partial charge on any atom is -1.00 e. The number of aromatic hydroxyl groups is 1. The monoisotopic (exact) mass is 360 g/mol. The van der Waals surface area contributed by atoms with Crippen molar-refractivity contribution in [2.24, 2.45) is 0 Å². The van der Waals surface area contributed by atoms with Crippen LogP contribution in [-0.4, -0.2) is 28.6 Å². The number of hydrogen-bond donors (Lipinski definition) is 3. The number of nitrogens with zero attached hydrogens (tertiary/aromatic N) is 1. The second-order valence-corrected chi connectivity index (χ2v) is 5.79. The van der Waals surface area contributed by atoms with Gasteiger partial charge in [-0.05, 0) is 36.8 Å². The van der Waals surface area contributed by atoms with Crippen molar-refractivity contribution in [3.8, 4) is 11.8 Å². The zero-order chi connectivity index (χ0) is 17.5. The first-order chi connectivity index (χ1) is 11.5. The number of carbonyl (C=O) groups excluding carboxylic acids is 1. The summed E-state index contributed by atoms with van der Waals surface area (Å²) < 4.78 is 0. The van der Waals surface area contributed by atoms with Crippen LogP contribution in [0.25, 0.3) is 0 Å². The molecule has 25 heavy (non-hydrogen) atoms. The van der Waals surface area contributed by atoms with E-state index in [9.17, 15) is 15.0 Å². The molecule has 0 bridgehead atoms. The van der Waals surface area contributed by atoms with Crippen LogP contribution in [0.2, 0.25) is 0 Å². The largest absolute Gasteiger partial charge is 1.00 e. The van der Waals surface area contributed by atoms with Crippen LogP contribution in [-0.2, 0) is 0 Å². The van der Waals surface area contributed by atoms with E-state index in [1.54, 1.807) is 36.4 Å². The molecule has 0 radical (unpaired) electrons. The third kappa shape index (κ3) is 5.87. The van der Waals surface area contributed by atoms with Gasteiger partial charge in [0.25, 0.3) is 0 Å². The highest BCUT2D eigenvalue weighted by Crippen LogP contribution is 2.18. The molecule has 0 heterocycles. The summed E-state index contributed by atoms with van der Waals surface area (Å²) in [5, 5.41) is 30.4. The highest BCUT2D eigenvalue weighted by molar-refractivity contribution is 5.96. The van der Waals surface area contributed by atoms with Gasteiger partial charge < -0.3 is 27.9 Å². The topological polar surface area (TPSA) is 97.9 Å². The zero-order valence-electron chi connectivity index (χ0n) is 13.9. The number of rotatable bonds is 7. The highest BCUT2D eigenvalue weighted by atomic mass is 35.5.